The maximum atomic E-state index is 12.0. The molecular weight excluding hydrogens is 396 g/mol. The molecule has 1 fully saturated rings. The molecule has 9 nitrogen and oxygen atoms in total. The molecule has 31 heavy (non-hydrogen) atoms. The van der Waals surface area contributed by atoms with Gasteiger partial charge in [-0.25, -0.2) is 14.8 Å². The van der Waals surface area contributed by atoms with E-state index in [1.165, 1.54) is 0 Å². The highest BCUT2D eigenvalue weighted by Crippen LogP contribution is 2.21. The van der Waals surface area contributed by atoms with E-state index in [1.54, 1.807) is 29.2 Å². The number of rotatable bonds is 7. The van der Waals surface area contributed by atoms with Crippen LogP contribution >= 0.6 is 0 Å². The molecule has 1 saturated heterocycles. The molecule has 1 aromatic carbocycles. The summed E-state index contributed by atoms with van der Waals surface area (Å²) in [5.74, 6) is 0.548. The van der Waals surface area contributed by atoms with Crippen LogP contribution < -0.4 is 10.6 Å². The number of anilines is 1. The molecular formula is C22H30N6O3. The number of nitrogens with zero attached hydrogens (tertiary/aromatic N) is 5. The molecule has 0 saturated carbocycles. The van der Waals surface area contributed by atoms with E-state index in [2.05, 4.69) is 14.9 Å². The minimum absolute atomic E-state index is 0.000320. The molecule has 1 aliphatic rings. The molecule has 9 heteroatoms. The number of amides is 2. The third-order valence-corrected chi connectivity index (χ3v) is 5.17. The van der Waals surface area contributed by atoms with E-state index in [4.69, 9.17) is 10.5 Å². The fraction of sp³-hybridized carbons (Fsp3) is 0.455. The zero-order chi connectivity index (χ0) is 22.2. The second-order valence-corrected chi connectivity index (χ2v) is 7.51. The predicted octanol–water partition coefficient (Wildman–Crippen LogP) is 1.73. The molecule has 2 amide bonds. The van der Waals surface area contributed by atoms with Gasteiger partial charge in [-0.3, -0.25) is 4.79 Å². The lowest BCUT2D eigenvalue weighted by Gasteiger charge is -2.34. The summed E-state index contributed by atoms with van der Waals surface area (Å²) in [6, 6.07) is 7.95. The van der Waals surface area contributed by atoms with Gasteiger partial charge in [0, 0.05) is 57.7 Å². The van der Waals surface area contributed by atoms with Gasteiger partial charge in [0.05, 0.1) is 13.2 Å². The van der Waals surface area contributed by atoms with Crippen molar-refractivity contribution >= 4 is 17.9 Å². The first kappa shape index (κ1) is 22.5. The van der Waals surface area contributed by atoms with Crippen molar-refractivity contribution < 1.29 is 14.3 Å². The molecule has 1 aliphatic heterocycles. The standard InChI is InChI=1S/C22H30N6O3/c1-3-11-31-22(30)28-9-7-27(8-10-28)21-24-14-19(15-25-21)18-6-4-5-17(12-18)16-26(2)20(29)13-23/h4-6,12,14-15H,3,7-11,13,16,23H2,1-2H3. The van der Waals surface area contributed by atoms with Crippen molar-refractivity contribution in [2.45, 2.75) is 19.9 Å². The Labute approximate surface area is 182 Å². The quantitative estimate of drug-likeness (QED) is 0.719. The fourth-order valence-electron chi connectivity index (χ4n) is 3.37. The van der Waals surface area contributed by atoms with Crippen molar-refractivity contribution in [1.29, 1.82) is 0 Å². The van der Waals surface area contributed by atoms with Crippen molar-refractivity contribution in [1.82, 2.24) is 19.8 Å². The largest absolute Gasteiger partial charge is 0.449 e. The van der Waals surface area contributed by atoms with Crippen LogP contribution in [0.2, 0.25) is 0 Å². The van der Waals surface area contributed by atoms with Gasteiger partial charge in [0.2, 0.25) is 11.9 Å². The lowest BCUT2D eigenvalue weighted by atomic mass is 10.1. The van der Waals surface area contributed by atoms with Gasteiger partial charge in [0.1, 0.15) is 0 Å². The highest BCUT2D eigenvalue weighted by Gasteiger charge is 2.23. The molecule has 0 aliphatic carbocycles. The molecule has 0 unspecified atom stereocenters. The van der Waals surface area contributed by atoms with Crippen LogP contribution in [0.25, 0.3) is 11.1 Å². The van der Waals surface area contributed by atoms with Crippen LogP contribution in [0.1, 0.15) is 18.9 Å². The summed E-state index contributed by atoms with van der Waals surface area (Å²) in [7, 11) is 1.74. The summed E-state index contributed by atoms with van der Waals surface area (Å²) in [4.78, 5) is 38.1. The van der Waals surface area contributed by atoms with Crippen LogP contribution in [0.4, 0.5) is 10.7 Å². The van der Waals surface area contributed by atoms with E-state index in [-0.39, 0.29) is 18.5 Å². The highest BCUT2D eigenvalue weighted by molar-refractivity contribution is 5.77. The Morgan fingerprint density at radius 2 is 1.84 bits per heavy atom. The molecule has 2 aromatic rings. The van der Waals surface area contributed by atoms with Crippen molar-refractivity contribution in [2.75, 3.05) is 51.3 Å². The summed E-state index contributed by atoms with van der Waals surface area (Å²) in [5, 5.41) is 0. The molecule has 0 radical (unpaired) electrons. The summed E-state index contributed by atoms with van der Waals surface area (Å²) in [5.41, 5.74) is 8.33. The molecule has 2 heterocycles. The number of aromatic nitrogens is 2. The van der Waals surface area contributed by atoms with Gasteiger partial charge in [0.15, 0.2) is 0 Å². The first-order chi connectivity index (χ1) is 15.0. The Hall–Kier alpha value is -3.20. The van der Waals surface area contributed by atoms with Crippen molar-refractivity contribution in [3.8, 4) is 11.1 Å². The van der Waals surface area contributed by atoms with Crippen molar-refractivity contribution in [3.63, 3.8) is 0 Å². The van der Waals surface area contributed by atoms with Gasteiger partial charge in [-0.15, -0.1) is 0 Å². The Morgan fingerprint density at radius 3 is 2.48 bits per heavy atom. The molecule has 0 spiro atoms. The molecule has 1 aromatic heterocycles. The zero-order valence-corrected chi connectivity index (χ0v) is 18.2. The van der Waals surface area contributed by atoms with E-state index in [1.807, 2.05) is 31.2 Å². The van der Waals surface area contributed by atoms with E-state index in [0.717, 1.165) is 23.1 Å². The van der Waals surface area contributed by atoms with Gasteiger partial charge in [-0.2, -0.15) is 0 Å². The topological polar surface area (TPSA) is 105 Å². The lowest BCUT2D eigenvalue weighted by molar-refractivity contribution is -0.128. The maximum absolute atomic E-state index is 12.0. The first-order valence-corrected chi connectivity index (χ1v) is 10.5. The lowest BCUT2D eigenvalue weighted by Crippen LogP contribution is -2.49. The van der Waals surface area contributed by atoms with E-state index in [9.17, 15) is 9.59 Å². The van der Waals surface area contributed by atoms with Crippen LogP contribution in [-0.2, 0) is 16.1 Å². The summed E-state index contributed by atoms with van der Waals surface area (Å²) in [6.45, 7) is 5.42. The van der Waals surface area contributed by atoms with Gasteiger partial charge in [0.25, 0.3) is 0 Å². The number of hydrogen-bond donors (Lipinski definition) is 1. The minimum atomic E-state index is -0.253. The van der Waals surface area contributed by atoms with Crippen LogP contribution in [-0.4, -0.2) is 78.1 Å². The minimum Gasteiger partial charge on any atom is -0.449 e. The second-order valence-electron chi connectivity index (χ2n) is 7.51. The summed E-state index contributed by atoms with van der Waals surface area (Å²) >= 11 is 0. The van der Waals surface area contributed by atoms with Crippen LogP contribution in [0.5, 0.6) is 0 Å². The molecule has 166 valence electrons. The Balaban J connectivity index is 1.60. The number of benzene rings is 1. The maximum Gasteiger partial charge on any atom is 0.409 e. The fourth-order valence-corrected chi connectivity index (χ4v) is 3.37. The molecule has 0 atom stereocenters. The Kier molecular flexibility index (Phi) is 7.77. The second kappa shape index (κ2) is 10.7. The van der Waals surface area contributed by atoms with Gasteiger partial charge < -0.3 is 25.2 Å². The van der Waals surface area contributed by atoms with Crippen LogP contribution in [0.15, 0.2) is 36.7 Å². The Bertz CT molecular complexity index is 881. The third-order valence-electron chi connectivity index (χ3n) is 5.17. The van der Waals surface area contributed by atoms with Gasteiger partial charge in [-0.05, 0) is 23.6 Å². The average Bonchev–Trinajstić information content (AvgIpc) is 2.82. The molecule has 2 N–H and O–H groups in total. The highest BCUT2D eigenvalue weighted by atomic mass is 16.6. The van der Waals surface area contributed by atoms with E-state index in [0.29, 0.717) is 45.3 Å². The van der Waals surface area contributed by atoms with E-state index >= 15 is 0 Å². The zero-order valence-electron chi connectivity index (χ0n) is 18.2. The van der Waals surface area contributed by atoms with Crippen molar-refractivity contribution in [2.24, 2.45) is 5.73 Å². The normalized spacial score (nSPS) is 13.8. The number of ether oxygens (including phenoxy) is 1. The molecule has 0 bridgehead atoms. The number of piperazine rings is 1. The van der Waals surface area contributed by atoms with Crippen LogP contribution in [0.3, 0.4) is 0 Å². The van der Waals surface area contributed by atoms with Gasteiger partial charge >= 0.3 is 6.09 Å². The Morgan fingerprint density at radius 1 is 1.13 bits per heavy atom. The summed E-state index contributed by atoms with van der Waals surface area (Å²) < 4.78 is 5.20. The van der Waals surface area contributed by atoms with Gasteiger partial charge in [-0.1, -0.05) is 25.1 Å². The predicted molar refractivity (Wildman–Crippen MR) is 118 cm³/mol. The summed E-state index contributed by atoms with van der Waals surface area (Å²) in [6.07, 6.45) is 4.17. The third kappa shape index (κ3) is 5.91. The number of carbonyl (C=O) groups is 2. The van der Waals surface area contributed by atoms with E-state index < -0.39 is 0 Å². The van der Waals surface area contributed by atoms with Crippen LogP contribution in [0, 0.1) is 0 Å². The number of likely N-dealkylation sites (N-methyl/N-ethyl adjacent to an activating group) is 1. The SMILES string of the molecule is CCCOC(=O)N1CCN(c2ncc(-c3cccc(CN(C)C(=O)CN)c3)cn2)CC1. The van der Waals surface area contributed by atoms with Crippen molar-refractivity contribution in [3.05, 3.63) is 42.2 Å². The number of hydrogen-bond acceptors (Lipinski definition) is 7. The smallest absolute Gasteiger partial charge is 0.409 e. The molecule has 3 rings (SSSR count). The first-order valence-electron chi connectivity index (χ1n) is 10.5. The monoisotopic (exact) mass is 426 g/mol. The average molecular weight is 427 g/mol. The number of nitrogens with two attached hydrogens (primary N) is 1. The number of carbonyl (C=O) groups excluding carboxylic acids is 2.